The van der Waals surface area contributed by atoms with Crippen molar-refractivity contribution in [3.63, 3.8) is 0 Å². The second-order valence-corrected chi connectivity index (χ2v) is 18.1. The third-order valence-electron chi connectivity index (χ3n) is 2.28. The van der Waals surface area contributed by atoms with E-state index in [9.17, 15) is 9.59 Å². The van der Waals surface area contributed by atoms with E-state index in [-0.39, 0.29) is 22.3 Å². The number of carbonyl (C=O) groups is 2. The number of hydrogen-bond acceptors (Lipinski definition) is 2. The van der Waals surface area contributed by atoms with Crippen molar-refractivity contribution in [2.45, 2.75) is 36.2 Å². The molecule has 0 aliphatic carbocycles. The van der Waals surface area contributed by atoms with E-state index in [0.717, 1.165) is 0 Å². The molecule has 0 spiro atoms. The van der Waals surface area contributed by atoms with E-state index < -0.39 is 23.3 Å². The summed E-state index contributed by atoms with van der Waals surface area (Å²) < 4.78 is -0.639. The summed E-state index contributed by atoms with van der Waals surface area (Å²) in [7, 11) is 12.3. The number of aliphatic carboxylic acids is 2. The molecule has 0 radical (unpaired) electrons. The average Bonchev–Trinajstić information content (AvgIpc) is 2.01. The molecule has 4 nitrogen and oxygen atoms in total. The van der Waals surface area contributed by atoms with E-state index in [1.54, 1.807) is 13.8 Å². The normalized spacial score (nSPS) is 15.7. The first-order valence-corrected chi connectivity index (χ1v) is 12.4. The van der Waals surface area contributed by atoms with E-state index in [1.165, 1.54) is 0 Å². The van der Waals surface area contributed by atoms with Gasteiger partial charge in [0, 0.05) is 0 Å². The predicted molar refractivity (Wildman–Crippen MR) is 60.8 cm³/mol. The summed E-state index contributed by atoms with van der Waals surface area (Å²) in [6.45, 7) is 3.35. The van der Waals surface area contributed by atoms with Crippen molar-refractivity contribution in [3.8, 4) is 0 Å². The zero-order valence-electron chi connectivity index (χ0n) is 8.54. The molecule has 0 aromatic carbocycles. The monoisotopic (exact) mass is 318 g/mol. The predicted octanol–water partition coefficient (Wildman–Crippen LogP) is 2.64. The van der Waals surface area contributed by atoms with Crippen molar-refractivity contribution in [2.75, 3.05) is 0 Å². The Bertz CT molecular complexity index is 233. The molecule has 15 heavy (non-hydrogen) atoms. The molecule has 0 aliphatic rings. The fourth-order valence-corrected chi connectivity index (χ4v) is 6.80. The third kappa shape index (κ3) is 5.08. The van der Waals surface area contributed by atoms with Crippen LogP contribution in [0.2, 0.25) is 9.50 Å². The summed E-state index contributed by atoms with van der Waals surface area (Å²) in [6.07, 6.45) is -0.200. The second kappa shape index (κ2) is 5.96. The van der Waals surface area contributed by atoms with Gasteiger partial charge in [0.2, 0.25) is 0 Å². The number of rotatable bonds is 6. The Morgan fingerprint density at radius 3 is 1.53 bits per heavy atom. The van der Waals surface area contributed by atoms with Gasteiger partial charge in [-0.05, 0) is 0 Å². The molecule has 2 N–H and O–H groups in total. The van der Waals surface area contributed by atoms with E-state index >= 15 is 0 Å². The van der Waals surface area contributed by atoms with Gasteiger partial charge in [0.25, 0.3) is 0 Å². The Balaban J connectivity index is 4.49. The molecule has 0 bridgehead atoms. The summed E-state index contributed by atoms with van der Waals surface area (Å²) in [4.78, 5) is 21.0. The Morgan fingerprint density at radius 2 is 1.33 bits per heavy atom. The number of carboxylic acids is 2. The van der Waals surface area contributed by atoms with Crippen molar-refractivity contribution >= 4 is 43.4 Å². The van der Waals surface area contributed by atoms with Gasteiger partial charge >= 0.3 is 99.4 Å². The van der Waals surface area contributed by atoms with Crippen molar-refractivity contribution in [2.24, 2.45) is 0 Å². The molecule has 0 amide bonds. The molecular weight excluding hydrogens is 304 g/mol. The summed E-state index contributed by atoms with van der Waals surface area (Å²) >= 11 is -3.38. The Hall–Kier alpha value is 0.0629. The molecule has 0 aliphatic heterocycles. The van der Waals surface area contributed by atoms with Crippen LogP contribution in [0.4, 0.5) is 0 Å². The summed E-state index contributed by atoms with van der Waals surface area (Å²) in [5.41, 5.74) is 0. The fourth-order valence-electron chi connectivity index (χ4n) is 1.28. The zero-order valence-corrected chi connectivity index (χ0v) is 12.1. The molecule has 0 aromatic rings. The van der Waals surface area contributed by atoms with Crippen LogP contribution in [0.15, 0.2) is 0 Å². The van der Waals surface area contributed by atoms with Crippen LogP contribution < -0.4 is 0 Å². The molecule has 88 valence electrons. The maximum atomic E-state index is 10.5. The number of halogens is 2. The van der Waals surface area contributed by atoms with Gasteiger partial charge in [-0.3, -0.25) is 0 Å². The molecule has 0 saturated heterocycles. The van der Waals surface area contributed by atoms with Gasteiger partial charge in [-0.15, -0.1) is 0 Å². The number of hydrogen-bond donors (Lipinski definition) is 2. The molecule has 7 heteroatoms. The minimum atomic E-state index is -3.38. The molecular formula is C8H14Cl2GeO4. The van der Waals surface area contributed by atoms with Gasteiger partial charge in [0.05, 0.1) is 0 Å². The first kappa shape index (κ1) is 15.1. The topological polar surface area (TPSA) is 74.6 Å². The van der Waals surface area contributed by atoms with Crippen LogP contribution in [-0.2, 0) is 9.59 Å². The zero-order chi connectivity index (χ0) is 12.2. The van der Waals surface area contributed by atoms with Gasteiger partial charge in [0.15, 0.2) is 0 Å². The number of carboxylic acid groups (broad SMARTS) is 2. The molecule has 0 heterocycles. The molecule has 0 fully saturated rings. The molecule has 2 unspecified atom stereocenters. The fraction of sp³-hybridized carbons (Fsp3) is 0.750. The minimum absolute atomic E-state index is 0.100. The van der Waals surface area contributed by atoms with Crippen molar-refractivity contribution in [1.82, 2.24) is 0 Å². The summed E-state index contributed by atoms with van der Waals surface area (Å²) in [6, 6.07) is 0. The Kier molecular flexibility index (Phi) is 5.99. The molecule has 0 rings (SSSR count). The van der Waals surface area contributed by atoms with Gasteiger partial charge < -0.3 is 0 Å². The van der Waals surface area contributed by atoms with Crippen LogP contribution in [0.25, 0.3) is 0 Å². The van der Waals surface area contributed by atoms with Gasteiger partial charge in [-0.25, -0.2) is 0 Å². The average molecular weight is 318 g/mol. The molecule has 0 aromatic heterocycles. The SMILES string of the molecule is C[CH](CC(=O)O)[Ge]([Cl])([Cl])[CH](C)CC(=O)O. The van der Waals surface area contributed by atoms with Crippen LogP contribution >= 0.6 is 20.0 Å². The van der Waals surface area contributed by atoms with Crippen LogP contribution in [0.1, 0.15) is 26.7 Å². The molecule has 0 saturated carbocycles. The van der Waals surface area contributed by atoms with Crippen LogP contribution in [0.5, 0.6) is 0 Å². The quantitative estimate of drug-likeness (QED) is 0.739. The van der Waals surface area contributed by atoms with E-state index in [4.69, 9.17) is 30.2 Å². The van der Waals surface area contributed by atoms with Gasteiger partial charge in [-0.2, -0.15) is 0 Å². The summed E-state index contributed by atoms with van der Waals surface area (Å²) in [5.74, 6) is -1.91. The Morgan fingerprint density at radius 1 is 1.07 bits per heavy atom. The van der Waals surface area contributed by atoms with Crippen molar-refractivity contribution in [1.29, 1.82) is 0 Å². The standard InChI is InChI=1S/C8H14Cl2GeO4/c1-5(3-7(12)13)11(9,10)6(2)4-8(14)15/h5-6H,3-4H2,1-2H3,(H,12,13)(H,14,15). The second-order valence-electron chi connectivity index (χ2n) is 3.67. The first-order valence-electron chi connectivity index (χ1n) is 4.49. The summed E-state index contributed by atoms with van der Waals surface area (Å²) in [5, 5.41) is 17.2. The van der Waals surface area contributed by atoms with E-state index in [2.05, 4.69) is 0 Å². The Labute approximate surface area is 99.3 Å². The van der Waals surface area contributed by atoms with Gasteiger partial charge in [0.1, 0.15) is 0 Å². The molecule has 2 atom stereocenters. The van der Waals surface area contributed by atoms with Crippen LogP contribution in [-0.4, -0.2) is 33.6 Å². The van der Waals surface area contributed by atoms with Crippen molar-refractivity contribution < 1.29 is 19.8 Å². The van der Waals surface area contributed by atoms with E-state index in [0.29, 0.717) is 0 Å². The van der Waals surface area contributed by atoms with Crippen molar-refractivity contribution in [3.05, 3.63) is 0 Å². The maximum absolute atomic E-state index is 10.5. The van der Waals surface area contributed by atoms with Crippen LogP contribution in [0.3, 0.4) is 0 Å². The van der Waals surface area contributed by atoms with Gasteiger partial charge in [-0.1, -0.05) is 0 Å². The first-order chi connectivity index (χ1) is 6.67. The van der Waals surface area contributed by atoms with Crippen LogP contribution in [0, 0.1) is 0 Å². The van der Waals surface area contributed by atoms with E-state index in [1.807, 2.05) is 0 Å². The third-order valence-corrected chi connectivity index (χ3v) is 16.4.